The van der Waals surface area contributed by atoms with Crippen LogP contribution in [0.2, 0.25) is 0 Å². The van der Waals surface area contributed by atoms with Crippen molar-refractivity contribution < 1.29 is 9.53 Å². The van der Waals surface area contributed by atoms with Gasteiger partial charge in [0.05, 0.1) is 24.6 Å². The van der Waals surface area contributed by atoms with E-state index in [2.05, 4.69) is 25.8 Å². The Hall–Kier alpha value is -1.70. The number of piperazine rings is 1. The zero-order chi connectivity index (χ0) is 15.4. The first kappa shape index (κ1) is 15.2. The molecule has 3 rings (SSSR count). The van der Waals surface area contributed by atoms with Crippen LogP contribution < -0.4 is 20.9 Å². The van der Waals surface area contributed by atoms with E-state index in [9.17, 15) is 4.79 Å². The van der Waals surface area contributed by atoms with E-state index in [4.69, 9.17) is 4.74 Å². The number of carbonyl (C=O) groups is 1. The number of ether oxygens (including phenoxy) is 1. The quantitative estimate of drug-likeness (QED) is 0.718. The van der Waals surface area contributed by atoms with Crippen molar-refractivity contribution in [3.63, 3.8) is 0 Å². The van der Waals surface area contributed by atoms with Crippen LogP contribution >= 0.6 is 0 Å². The lowest BCUT2D eigenvalue weighted by Crippen LogP contribution is -2.53. The second-order valence-corrected chi connectivity index (χ2v) is 5.64. The molecule has 0 radical (unpaired) electrons. The third-order valence-corrected chi connectivity index (χ3v) is 4.08. The molecule has 1 amide bonds. The van der Waals surface area contributed by atoms with E-state index in [-0.39, 0.29) is 18.1 Å². The highest BCUT2D eigenvalue weighted by molar-refractivity contribution is 5.94. The molecule has 22 heavy (non-hydrogen) atoms. The monoisotopic (exact) mass is 305 g/mol. The molecule has 0 spiro atoms. The highest BCUT2D eigenvalue weighted by Gasteiger charge is 2.28. The van der Waals surface area contributed by atoms with Gasteiger partial charge >= 0.3 is 0 Å². The zero-order valence-corrected chi connectivity index (χ0v) is 12.8. The van der Waals surface area contributed by atoms with Crippen LogP contribution in [-0.2, 0) is 9.53 Å². The van der Waals surface area contributed by atoms with Gasteiger partial charge in [0, 0.05) is 32.7 Å². The van der Waals surface area contributed by atoms with E-state index in [0.29, 0.717) is 19.0 Å². The number of rotatable bonds is 3. The first-order valence-corrected chi connectivity index (χ1v) is 7.81. The van der Waals surface area contributed by atoms with Crippen LogP contribution in [0.3, 0.4) is 0 Å². The normalized spacial score (nSPS) is 25.8. The number of carbonyl (C=O) groups excluding carboxylic acids is 1. The number of pyridine rings is 1. The highest BCUT2D eigenvalue weighted by Crippen LogP contribution is 2.16. The van der Waals surface area contributed by atoms with Crippen LogP contribution in [0.15, 0.2) is 18.3 Å². The second-order valence-electron chi connectivity index (χ2n) is 5.64. The molecule has 3 heterocycles. The van der Waals surface area contributed by atoms with Crippen LogP contribution in [0.1, 0.15) is 6.92 Å². The summed E-state index contributed by atoms with van der Waals surface area (Å²) < 4.78 is 5.49. The molecule has 7 nitrogen and oxygen atoms in total. The topological polar surface area (TPSA) is 78.5 Å². The number of hydrogen-bond acceptors (Lipinski definition) is 6. The number of aromatic nitrogens is 1. The minimum atomic E-state index is -0.330. The number of hydrogen-bond donors (Lipinski definition) is 3. The number of nitrogens with one attached hydrogen (secondary N) is 3. The van der Waals surface area contributed by atoms with E-state index in [1.54, 1.807) is 0 Å². The summed E-state index contributed by atoms with van der Waals surface area (Å²) in [6.45, 7) is 7.17. The van der Waals surface area contributed by atoms with Gasteiger partial charge in [0.2, 0.25) is 5.91 Å². The average molecular weight is 305 g/mol. The molecule has 7 heteroatoms. The molecule has 2 saturated heterocycles. The molecule has 0 aliphatic carbocycles. The van der Waals surface area contributed by atoms with Gasteiger partial charge in [0.15, 0.2) is 0 Å². The maximum absolute atomic E-state index is 12.3. The summed E-state index contributed by atoms with van der Waals surface area (Å²) in [5.74, 6) is 0.470. The van der Waals surface area contributed by atoms with Gasteiger partial charge in [0.1, 0.15) is 11.9 Å². The fourth-order valence-electron chi connectivity index (χ4n) is 2.80. The van der Waals surface area contributed by atoms with Crippen molar-refractivity contribution >= 4 is 17.4 Å². The van der Waals surface area contributed by atoms with Crippen LogP contribution in [-0.4, -0.2) is 62.4 Å². The Morgan fingerprint density at radius 1 is 1.36 bits per heavy atom. The summed E-state index contributed by atoms with van der Waals surface area (Å²) in [5, 5.41) is 9.35. The van der Waals surface area contributed by atoms with E-state index < -0.39 is 0 Å². The predicted molar refractivity (Wildman–Crippen MR) is 85.2 cm³/mol. The van der Waals surface area contributed by atoms with Gasteiger partial charge in [-0.25, -0.2) is 4.98 Å². The Morgan fingerprint density at radius 2 is 2.18 bits per heavy atom. The molecule has 0 aromatic carbocycles. The van der Waals surface area contributed by atoms with Crippen molar-refractivity contribution in [2.75, 3.05) is 49.5 Å². The molecule has 0 unspecified atom stereocenters. The second kappa shape index (κ2) is 7.04. The maximum Gasteiger partial charge on any atom is 0.245 e. The van der Waals surface area contributed by atoms with E-state index in [1.807, 2.05) is 25.3 Å². The molecule has 1 aromatic rings. The Kier molecular flexibility index (Phi) is 4.87. The summed E-state index contributed by atoms with van der Waals surface area (Å²) >= 11 is 0. The minimum Gasteiger partial charge on any atom is -0.375 e. The fourth-order valence-corrected chi connectivity index (χ4v) is 2.80. The first-order chi connectivity index (χ1) is 10.7. The molecule has 120 valence electrons. The molecular weight excluding hydrogens is 282 g/mol. The number of nitrogens with zero attached hydrogens (tertiary/aromatic N) is 2. The van der Waals surface area contributed by atoms with Crippen molar-refractivity contribution in [1.82, 2.24) is 15.6 Å². The number of morpholine rings is 1. The third-order valence-electron chi connectivity index (χ3n) is 4.08. The van der Waals surface area contributed by atoms with Gasteiger partial charge in [-0.15, -0.1) is 0 Å². The predicted octanol–water partition coefficient (Wildman–Crippen LogP) is -0.193. The summed E-state index contributed by atoms with van der Waals surface area (Å²) in [7, 11) is 0. The fraction of sp³-hybridized carbons (Fsp3) is 0.600. The van der Waals surface area contributed by atoms with Gasteiger partial charge in [-0.3, -0.25) is 4.79 Å². The van der Waals surface area contributed by atoms with Gasteiger partial charge in [-0.05, 0) is 19.1 Å². The zero-order valence-electron chi connectivity index (χ0n) is 12.8. The van der Waals surface area contributed by atoms with E-state index >= 15 is 0 Å². The molecule has 2 fully saturated rings. The Balaban J connectivity index is 1.59. The maximum atomic E-state index is 12.3. The average Bonchev–Trinajstić information content (AvgIpc) is 2.57. The highest BCUT2D eigenvalue weighted by atomic mass is 16.5. The standard InChI is InChI=1S/C15H23N5O2/c1-11-14(17-6-9-22-11)15(21)19-13-3-2-12(10-18-13)20-7-4-16-5-8-20/h2-3,10-11,14,16-17H,4-9H2,1H3,(H,18,19,21)/t11-,14+/m1/s1. The van der Waals surface area contributed by atoms with Crippen molar-refractivity contribution in [2.45, 2.75) is 19.1 Å². The SMILES string of the molecule is C[C@H]1OCCN[C@@H]1C(=O)Nc1ccc(N2CCNCC2)cn1. The Labute approximate surface area is 130 Å². The molecule has 2 aliphatic rings. The summed E-state index contributed by atoms with van der Waals surface area (Å²) in [4.78, 5) is 18.9. The Morgan fingerprint density at radius 3 is 2.86 bits per heavy atom. The molecule has 2 aliphatic heterocycles. The summed E-state index contributed by atoms with van der Waals surface area (Å²) in [6.07, 6.45) is 1.68. The molecule has 0 bridgehead atoms. The first-order valence-electron chi connectivity index (χ1n) is 7.81. The molecule has 2 atom stereocenters. The van der Waals surface area contributed by atoms with Crippen LogP contribution in [0.4, 0.5) is 11.5 Å². The van der Waals surface area contributed by atoms with Crippen LogP contribution in [0.5, 0.6) is 0 Å². The summed E-state index contributed by atoms with van der Waals surface area (Å²) in [6, 6.07) is 3.52. The smallest absolute Gasteiger partial charge is 0.245 e. The molecule has 0 saturated carbocycles. The van der Waals surface area contributed by atoms with Gasteiger partial charge < -0.3 is 25.6 Å². The lowest BCUT2D eigenvalue weighted by Gasteiger charge is -2.30. The molecule has 3 N–H and O–H groups in total. The van der Waals surface area contributed by atoms with Gasteiger partial charge in [-0.1, -0.05) is 0 Å². The number of anilines is 2. The van der Waals surface area contributed by atoms with Crippen LogP contribution in [0.25, 0.3) is 0 Å². The van der Waals surface area contributed by atoms with Gasteiger partial charge in [-0.2, -0.15) is 0 Å². The Bertz CT molecular complexity index is 501. The largest absolute Gasteiger partial charge is 0.375 e. The van der Waals surface area contributed by atoms with Crippen LogP contribution in [0, 0.1) is 0 Å². The van der Waals surface area contributed by atoms with Crippen molar-refractivity contribution in [2.24, 2.45) is 0 Å². The minimum absolute atomic E-state index is 0.102. The van der Waals surface area contributed by atoms with Crippen molar-refractivity contribution in [3.8, 4) is 0 Å². The van der Waals surface area contributed by atoms with E-state index in [0.717, 1.165) is 31.9 Å². The van der Waals surface area contributed by atoms with Gasteiger partial charge in [0.25, 0.3) is 0 Å². The molecular formula is C15H23N5O2. The number of amides is 1. The third kappa shape index (κ3) is 3.55. The molecule has 1 aromatic heterocycles. The lowest BCUT2D eigenvalue weighted by atomic mass is 10.1. The summed E-state index contributed by atoms with van der Waals surface area (Å²) in [5.41, 5.74) is 1.09. The van der Waals surface area contributed by atoms with E-state index in [1.165, 1.54) is 0 Å². The lowest BCUT2D eigenvalue weighted by molar-refractivity contribution is -0.123. The van der Waals surface area contributed by atoms with Crippen molar-refractivity contribution in [1.29, 1.82) is 0 Å². The van der Waals surface area contributed by atoms with Crippen molar-refractivity contribution in [3.05, 3.63) is 18.3 Å².